The molecule has 0 aliphatic heterocycles. The van der Waals surface area contributed by atoms with Crippen LogP contribution in [0.15, 0.2) is 35.7 Å². The third kappa shape index (κ3) is 4.27. The number of non-ortho nitro benzene ring substituents is 1. The van der Waals surface area contributed by atoms with Crippen molar-refractivity contribution in [1.29, 1.82) is 0 Å². The summed E-state index contributed by atoms with van der Waals surface area (Å²) in [6, 6.07) is 7.03. The molecule has 0 saturated carbocycles. The first-order valence-electron chi connectivity index (χ1n) is 8.79. The number of hydrogen-bond donors (Lipinski definition) is 1. The van der Waals surface area contributed by atoms with Crippen molar-refractivity contribution in [3.8, 4) is 28.5 Å². The summed E-state index contributed by atoms with van der Waals surface area (Å²) in [5, 5.41) is 26.9. The van der Waals surface area contributed by atoms with Gasteiger partial charge in [-0.15, -0.1) is 11.3 Å². The zero-order valence-corrected chi connectivity index (χ0v) is 17.8. The van der Waals surface area contributed by atoms with Crippen LogP contribution in [-0.2, 0) is 0 Å². The molecule has 12 nitrogen and oxygen atoms in total. The van der Waals surface area contributed by atoms with Crippen molar-refractivity contribution in [2.24, 2.45) is 0 Å². The number of rotatable bonds is 8. The van der Waals surface area contributed by atoms with E-state index >= 15 is 0 Å². The van der Waals surface area contributed by atoms with Crippen molar-refractivity contribution in [2.45, 2.75) is 0 Å². The van der Waals surface area contributed by atoms with Gasteiger partial charge in [0.05, 0.1) is 36.9 Å². The SMILES string of the molecule is COc1cc(C(=O)Nc2nc(-c3cccc([N+](=O)[O-])c3)cs2)c([N+](=O)[O-])c(OC)c1OC. The predicted octanol–water partition coefficient (Wildman–Crippen LogP) is 3.90. The van der Waals surface area contributed by atoms with Crippen LogP contribution in [0.4, 0.5) is 16.5 Å². The molecule has 0 saturated heterocycles. The molecule has 0 atom stereocenters. The largest absolute Gasteiger partial charge is 0.493 e. The molecule has 0 spiro atoms. The number of ether oxygens (including phenoxy) is 3. The third-order valence-electron chi connectivity index (χ3n) is 4.31. The van der Waals surface area contributed by atoms with Gasteiger partial charge in [-0.05, 0) is 0 Å². The summed E-state index contributed by atoms with van der Waals surface area (Å²) in [5.41, 5.74) is -0.146. The molecule has 2 aromatic carbocycles. The van der Waals surface area contributed by atoms with Gasteiger partial charge in [0, 0.05) is 29.1 Å². The molecule has 1 heterocycles. The van der Waals surface area contributed by atoms with Gasteiger partial charge in [-0.1, -0.05) is 12.1 Å². The standard InChI is InChI=1S/C19H16N4O8S/c1-29-14-8-12(15(23(27)28)17(31-3)16(14)30-2)18(24)21-19-20-13(9-32-19)10-5-4-6-11(7-10)22(25)26/h4-9H,1-3H3,(H,20,21,24). The minimum Gasteiger partial charge on any atom is -0.493 e. The van der Waals surface area contributed by atoms with E-state index in [0.29, 0.717) is 11.3 Å². The number of nitro groups is 2. The van der Waals surface area contributed by atoms with E-state index in [0.717, 1.165) is 11.3 Å². The zero-order chi connectivity index (χ0) is 23.4. The number of thiazole rings is 1. The first kappa shape index (κ1) is 22.4. The highest BCUT2D eigenvalue weighted by molar-refractivity contribution is 7.14. The van der Waals surface area contributed by atoms with Crippen LogP contribution in [0, 0.1) is 20.2 Å². The molecule has 3 rings (SSSR count). The number of hydrogen-bond acceptors (Lipinski definition) is 10. The molecular weight excluding hydrogens is 444 g/mol. The Labute approximate surface area is 184 Å². The highest BCUT2D eigenvalue weighted by Crippen LogP contribution is 2.46. The van der Waals surface area contributed by atoms with Crippen molar-refractivity contribution in [3.63, 3.8) is 0 Å². The van der Waals surface area contributed by atoms with Gasteiger partial charge < -0.3 is 14.2 Å². The molecule has 1 aromatic heterocycles. The van der Waals surface area contributed by atoms with Gasteiger partial charge in [0.15, 0.2) is 10.9 Å². The lowest BCUT2D eigenvalue weighted by Gasteiger charge is -2.14. The van der Waals surface area contributed by atoms with Gasteiger partial charge >= 0.3 is 5.69 Å². The van der Waals surface area contributed by atoms with Gasteiger partial charge in [0.25, 0.3) is 11.6 Å². The summed E-state index contributed by atoms with van der Waals surface area (Å²) in [4.78, 5) is 38.5. The molecule has 0 radical (unpaired) electrons. The predicted molar refractivity (Wildman–Crippen MR) is 115 cm³/mol. The number of benzene rings is 2. The molecule has 0 aliphatic carbocycles. The Hall–Kier alpha value is -4.26. The number of carbonyl (C=O) groups excluding carboxylic acids is 1. The van der Waals surface area contributed by atoms with Crippen LogP contribution in [0.25, 0.3) is 11.3 Å². The second kappa shape index (κ2) is 9.26. The van der Waals surface area contributed by atoms with Crippen LogP contribution in [0.1, 0.15) is 10.4 Å². The minimum atomic E-state index is -0.823. The molecule has 166 valence electrons. The molecule has 32 heavy (non-hydrogen) atoms. The van der Waals surface area contributed by atoms with Crippen LogP contribution >= 0.6 is 11.3 Å². The Morgan fingerprint density at radius 3 is 2.34 bits per heavy atom. The number of nitrogens with zero attached hydrogens (tertiary/aromatic N) is 3. The molecular formula is C19H16N4O8S. The Bertz CT molecular complexity index is 1210. The van der Waals surface area contributed by atoms with Gasteiger partial charge in [-0.2, -0.15) is 0 Å². The summed E-state index contributed by atoms with van der Waals surface area (Å²) in [6.07, 6.45) is 0. The smallest absolute Gasteiger partial charge is 0.327 e. The Kier molecular flexibility index (Phi) is 6.49. The molecule has 0 fully saturated rings. The first-order chi connectivity index (χ1) is 15.3. The lowest BCUT2D eigenvalue weighted by molar-refractivity contribution is -0.386. The van der Waals surface area contributed by atoms with Gasteiger partial charge in [0.2, 0.25) is 11.5 Å². The fraction of sp³-hybridized carbons (Fsp3) is 0.158. The highest BCUT2D eigenvalue weighted by atomic mass is 32.1. The molecule has 0 aliphatic rings. The van der Waals surface area contributed by atoms with E-state index < -0.39 is 21.4 Å². The van der Waals surface area contributed by atoms with Crippen molar-refractivity contribution in [1.82, 2.24) is 4.98 Å². The maximum atomic E-state index is 12.9. The van der Waals surface area contributed by atoms with E-state index in [4.69, 9.17) is 14.2 Å². The molecule has 1 amide bonds. The lowest BCUT2D eigenvalue weighted by Crippen LogP contribution is -2.15. The van der Waals surface area contributed by atoms with E-state index in [2.05, 4.69) is 10.3 Å². The van der Waals surface area contributed by atoms with E-state index in [1.807, 2.05) is 0 Å². The van der Waals surface area contributed by atoms with E-state index in [9.17, 15) is 25.0 Å². The summed E-state index contributed by atoms with van der Waals surface area (Å²) >= 11 is 1.05. The highest BCUT2D eigenvalue weighted by Gasteiger charge is 2.32. The van der Waals surface area contributed by atoms with E-state index in [1.165, 1.54) is 45.6 Å². The number of nitro benzene ring substituents is 2. The van der Waals surface area contributed by atoms with Gasteiger partial charge in [-0.25, -0.2) is 4.98 Å². The number of anilines is 1. The van der Waals surface area contributed by atoms with Crippen LogP contribution in [0.5, 0.6) is 17.2 Å². The summed E-state index contributed by atoms with van der Waals surface area (Å²) < 4.78 is 15.4. The van der Waals surface area contributed by atoms with E-state index in [1.54, 1.807) is 11.4 Å². The molecule has 0 unspecified atom stereocenters. The number of nitrogens with one attached hydrogen (secondary N) is 1. The quantitative estimate of drug-likeness (QED) is 0.389. The van der Waals surface area contributed by atoms with E-state index in [-0.39, 0.29) is 33.6 Å². The van der Waals surface area contributed by atoms with Crippen LogP contribution in [0.2, 0.25) is 0 Å². The van der Waals surface area contributed by atoms with Gasteiger partial charge in [0.1, 0.15) is 5.56 Å². The minimum absolute atomic E-state index is 0.0274. The average Bonchev–Trinajstić information content (AvgIpc) is 3.25. The number of aromatic nitrogens is 1. The monoisotopic (exact) mass is 460 g/mol. The van der Waals surface area contributed by atoms with Gasteiger partial charge in [-0.3, -0.25) is 30.3 Å². The Morgan fingerprint density at radius 1 is 1.03 bits per heavy atom. The van der Waals surface area contributed by atoms with Crippen LogP contribution < -0.4 is 19.5 Å². The fourth-order valence-electron chi connectivity index (χ4n) is 2.90. The van der Waals surface area contributed by atoms with Crippen molar-refractivity contribution >= 4 is 33.8 Å². The topological polar surface area (TPSA) is 156 Å². The summed E-state index contributed by atoms with van der Waals surface area (Å²) in [7, 11) is 3.81. The number of amides is 1. The Balaban J connectivity index is 1.97. The third-order valence-corrected chi connectivity index (χ3v) is 5.07. The summed E-state index contributed by atoms with van der Waals surface area (Å²) in [5.74, 6) is -1.05. The second-order valence-electron chi connectivity index (χ2n) is 6.10. The first-order valence-corrected chi connectivity index (χ1v) is 9.67. The molecule has 1 N–H and O–H groups in total. The van der Waals surface area contributed by atoms with Crippen LogP contribution in [0.3, 0.4) is 0 Å². The van der Waals surface area contributed by atoms with Crippen molar-refractivity contribution < 1.29 is 28.9 Å². The average molecular weight is 460 g/mol. The maximum absolute atomic E-state index is 12.9. The number of methoxy groups -OCH3 is 3. The number of carbonyl (C=O) groups is 1. The summed E-state index contributed by atoms with van der Waals surface area (Å²) in [6.45, 7) is 0. The van der Waals surface area contributed by atoms with Crippen molar-refractivity contribution in [3.05, 3.63) is 61.5 Å². The fourth-order valence-corrected chi connectivity index (χ4v) is 3.62. The molecule has 0 bridgehead atoms. The van der Waals surface area contributed by atoms with Crippen LogP contribution in [-0.4, -0.2) is 42.1 Å². The second-order valence-corrected chi connectivity index (χ2v) is 6.96. The van der Waals surface area contributed by atoms with Crippen molar-refractivity contribution in [2.75, 3.05) is 26.6 Å². The maximum Gasteiger partial charge on any atom is 0.327 e. The zero-order valence-electron chi connectivity index (χ0n) is 17.0. The normalized spacial score (nSPS) is 10.3. The molecule has 3 aromatic rings. The Morgan fingerprint density at radius 2 is 1.75 bits per heavy atom. The lowest BCUT2D eigenvalue weighted by atomic mass is 10.1. The molecule has 13 heteroatoms.